The van der Waals surface area contributed by atoms with Crippen molar-refractivity contribution in [3.05, 3.63) is 23.8 Å². The average Bonchev–Trinajstić information content (AvgIpc) is 3.21. The van der Waals surface area contributed by atoms with E-state index in [0.29, 0.717) is 56.3 Å². The molecule has 4 rings (SSSR count). The largest absolute Gasteiger partial charge is 0.454 e. The zero-order valence-corrected chi connectivity index (χ0v) is 13.6. The van der Waals surface area contributed by atoms with Crippen molar-refractivity contribution in [2.45, 2.75) is 12.0 Å². The van der Waals surface area contributed by atoms with E-state index in [0.717, 1.165) is 13.1 Å². The van der Waals surface area contributed by atoms with Gasteiger partial charge in [0.15, 0.2) is 11.5 Å². The Balaban J connectivity index is 1.41. The number of fused-ring (bicyclic) bond motifs is 1. The number of amides is 1. The zero-order valence-electron chi connectivity index (χ0n) is 13.6. The van der Waals surface area contributed by atoms with Crippen LogP contribution < -0.4 is 9.47 Å². The van der Waals surface area contributed by atoms with Crippen molar-refractivity contribution in [1.29, 1.82) is 0 Å². The van der Waals surface area contributed by atoms with Crippen LogP contribution in [0.3, 0.4) is 0 Å². The number of nitrogens with zero attached hydrogens (tertiary/aromatic N) is 2. The predicted octanol–water partition coefficient (Wildman–Crippen LogP) is 0.325. The molecule has 1 amide bonds. The topological polar surface area (TPSA) is 71.5 Å². The second-order valence-corrected chi connectivity index (χ2v) is 6.66. The van der Waals surface area contributed by atoms with Crippen molar-refractivity contribution in [2.75, 3.05) is 52.7 Å². The van der Waals surface area contributed by atoms with Crippen molar-refractivity contribution in [3.63, 3.8) is 0 Å². The summed E-state index contributed by atoms with van der Waals surface area (Å²) < 4.78 is 15.9. The summed E-state index contributed by atoms with van der Waals surface area (Å²) in [6.45, 7) is 4.77. The average molecular weight is 334 g/mol. The van der Waals surface area contributed by atoms with Gasteiger partial charge in [-0.05, 0) is 24.6 Å². The van der Waals surface area contributed by atoms with Crippen LogP contribution in [0.4, 0.5) is 0 Å². The quantitative estimate of drug-likeness (QED) is 0.859. The molecule has 1 aromatic carbocycles. The molecule has 7 heteroatoms. The summed E-state index contributed by atoms with van der Waals surface area (Å²) in [6, 6.07) is 5.21. The first-order valence-electron chi connectivity index (χ1n) is 8.34. The number of hydrogen-bond acceptors (Lipinski definition) is 6. The minimum atomic E-state index is -0.844. The van der Waals surface area contributed by atoms with Crippen LogP contribution in [0.15, 0.2) is 18.2 Å². The molecular weight excluding hydrogens is 312 g/mol. The molecule has 1 atom stereocenters. The third-order valence-corrected chi connectivity index (χ3v) is 4.86. The smallest absolute Gasteiger partial charge is 0.254 e. The highest BCUT2D eigenvalue weighted by Crippen LogP contribution is 2.33. The van der Waals surface area contributed by atoms with E-state index in [1.165, 1.54) is 0 Å². The Morgan fingerprint density at radius 3 is 2.79 bits per heavy atom. The van der Waals surface area contributed by atoms with Gasteiger partial charge < -0.3 is 24.2 Å². The molecule has 0 aromatic heterocycles. The fourth-order valence-corrected chi connectivity index (χ4v) is 3.55. The lowest BCUT2D eigenvalue weighted by atomic mass is 10.0. The van der Waals surface area contributed by atoms with Crippen molar-refractivity contribution in [1.82, 2.24) is 9.80 Å². The summed E-state index contributed by atoms with van der Waals surface area (Å²) in [6.07, 6.45) is 0.598. The van der Waals surface area contributed by atoms with Gasteiger partial charge in [-0.25, -0.2) is 0 Å². The molecule has 3 aliphatic heterocycles. The van der Waals surface area contributed by atoms with Gasteiger partial charge in [-0.1, -0.05) is 0 Å². The first-order valence-corrected chi connectivity index (χ1v) is 8.34. The van der Waals surface area contributed by atoms with Gasteiger partial charge in [0.05, 0.1) is 25.4 Å². The van der Waals surface area contributed by atoms with Crippen LogP contribution in [0.1, 0.15) is 16.8 Å². The predicted molar refractivity (Wildman–Crippen MR) is 85.3 cm³/mol. The number of hydrogen-bond donors (Lipinski definition) is 1. The van der Waals surface area contributed by atoms with Gasteiger partial charge in [-0.3, -0.25) is 9.69 Å². The number of β-amino-alcohol motifs (C(OH)–C–C–N with tert-alkyl or cyclic N) is 1. The zero-order chi connectivity index (χ0) is 16.6. The van der Waals surface area contributed by atoms with Crippen molar-refractivity contribution < 1.29 is 24.1 Å². The van der Waals surface area contributed by atoms with Crippen LogP contribution >= 0.6 is 0 Å². The Morgan fingerprint density at radius 1 is 1.17 bits per heavy atom. The molecule has 7 nitrogen and oxygen atoms in total. The summed E-state index contributed by atoms with van der Waals surface area (Å²) in [5.41, 5.74) is -0.279. The molecule has 0 saturated carbocycles. The van der Waals surface area contributed by atoms with Gasteiger partial charge in [-0.15, -0.1) is 0 Å². The number of rotatable bonds is 3. The van der Waals surface area contributed by atoms with Gasteiger partial charge in [0, 0.05) is 31.7 Å². The lowest BCUT2D eigenvalue weighted by Gasteiger charge is -2.33. The molecule has 0 spiro atoms. The molecule has 2 fully saturated rings. The minimum Gasteiger partial charge on any atom is -0.454 e. The van der Waals surface area contributed by atoms with E-state index in [4.69, 9.17) is 14.2 Å². The first kappa shape index (κ1) is 15.7. The van der Waals surface area contributed by atoms with E-state index in [9.17, 15) is 9.90 Å². The van der Waals surface area contributed by atoms with Gasteiger partial charge >= 0.3 is 0 Å². The number of ether oxygens (including phenoxy) is 3. The fraction of sp³-hybridized carbons (Fsp3) is 0.588. The second kappa shape index (κ2) is 6.23. The lowest BCUT2D eigenvalue weighted by molar-refractivity contribution is -0.0257. The molecule has 0 radical (unpaired) electrons. The van der Waals surface area contributed by atoms with Crippen LogP contribution in [-0.2, 0) is 4.74 Å². The Morgan fingerprint density at radius 2 is 1.96 bits per heavy atom. The monoisotopic (exact) mass is 334 g/mol. The minimum absolute atomic E-state index is 0.0776. The van der Waals surface area contributed by atoms with Crippen LogP contribution in [0, 0.1) is 0 Å². The first-order chi connectivity index (χ1) is 11.6. The highest BCUT2D eigenvalue weighted by Gasteiger charge is 2.40. The number of carbonyl (C=O) groups excluding carboxylic acids is 1. The molecule has 1 aromatic rings. The standard InChI is InChI=1S/C17H22N2O5/c20-16(13-1-2-14-15(9-13)24-12-23-14)19-4-3-17(21,11-19)10-18-5-7-22-8-6-18/h1-2,9,21H,3-8,10-12H2/t17-/m0/s1. The maximum Gasteiger partial charge on any atom is 0.254 e. The third-order valence-electron chi connectivity index (χ3n) is 4.86. The summed E-state index contributed by atoms with van der Waals surface area (Å²) in [4.78, 5) is 16.6. The highest BCUT2D eigenvalue weighted by molar-refractivity contribution is 5.95. The molecule has 0 unspecified atom stereocenters. The van der Waals surface area contributed by atoms with Crippen LogP contribution in [0.5, 0.6) is 11.5 Å². The SMILES string of the molecule is O=C(c1ccc2c(c1)OCO2)N1CC[C@](O)(CN2CCOCC2)C1. The molecule has 0 bridgehead atoms. The summed E-state index contributed by atoms with van der Waals surface area (Å²) in [5.74, 6) is 1.19. The van der Waals surface area contributed by atoms with Crippen LogP contribution in [0.25, 0.3) is 0 Å². The van der Waals surface area contributed by atoms with Crippen LogP contribution in [0.2, 0.25) is 0 Å². The summed E-state index contributed by atoms with van der Waals surface area (Å²) in [5, 5.41) is 10.8. The maximum atomic E-state index is 12.7. The highest BCUT2D eigenvalue weighted by atomic mass is 16.7. The van der Waals surface area contributed by atoms with Gasteiger partial charge in [-0.2, -0.15) is 0 Å². The lowest BCUT2D eigenvalue weighted by Crippen LogP contribution is -2.49. The van der Waals surface area contributed by atoms with Crippen LogP contribution in [-0.4, -0.2) is 79.1 Å². The molecule has 130 valence electrons. The number of carbonyl (C=O) groups is 1. The summed E-state index contributed by atoms with van der Waals surface area (Å²) >= 11 is 0. The number of benzene rings is 1. The van der Waals surface area contributed by atoms with Gasteiger partial charge in [0.2, 0.25) is 6.79 Å². The van der Waals surface area contributed by atoms with Gasteiger partial charge in [0.1, 0.15) is 0 Å². The van der Waals surface area contributed by atoms with E-state index in [2.05, 4.69) is 4.90 Å². The van der Waals surface area contributed by atoms with E-state index in [1.807, 2.05) is 0 Å². The molecule has 2 saturated heterocycles. The Hall–Kier alpha value is -1.83. The Labute approximate surface area is 140 Å². The van der Waals surface area contributed by atoms with E-state index < -0.39 is 5.60 Å². The second-order valence-electron chi connectivity index (χ2n) is 6.66. The van der Waals surface area contributed by atoms with Gasteiger partial charge in [0.25, 0.3) is 5.91 Å². The van der Waals surface area contributed by atoms with E-state index in [1.54, 1.807) is 23.1 Å². The van der Waals surface area contributed by atoms with Crippen molar-refractivity contribution in [3.8, 4) is 11.5 Å². The molecular formula is C17H22N2O5. The molecule has 24 heavy (non-hydrogen) atoms. The molecule has 3 heterocycles. The number of morpholine rings is 1. The Kier molecular flexibility index (Phi) is 4.07. The summed E-state index contributed by atoms with van der Waals surface area (Å²) in [7, 11) is 0. The van der Waals surface area contributed by atoms with E-state index >= 15 is 0 Å². The molecule has 3 aliphatic rings. The van der Waals surface area contributed by atoms with Crippen molar-refractivity contribution >= 4 is 5.91 Å². The Bertz CT molecular complexity index is 631. The third kappa shape index (κ3) is 3.07. The number of likely N-dealkylation sites (tertiary alicyclic amines) is 1. The maximum absolute atomic E-state index is 12.7. The van der Waals surface area contributed by atoms with E-state index in [-0.39, 0.29) is 12.7 Å². The number of aliphatic hydroxyl groups is 1. The molecule has 1 N–H and O–H groups in total. The normalized spacial score (nSPS) is 26.8. The van der Waals surface area contributed by atoms with Crippen molar-refractivity contribution in [2.24, 2.45) is 0 Å². The molecule has 0 aliphatic carbocycles. The fourth-order valence-electron chi connectivity index (χ4n) is 3.55.